The molecule has 26 heavy (non-hydrogen) atoms. The van der Waals surface area contributed by atoms with Gasteiger partial charge in [0.2, 0.25) is 6.20 Å². The summed E-state index contributed by atoms with van der Waals surface area (Å²) in [7, 11) is 3.01. The van der Waals surface area contributed by atoms with Crippen LogP contribution in [0.3, 0.4) is 0 Å². The van der Waals surface area contributed by atoms with E-state index in [0.29, 0.717) is 18.0 Å². The molecule has 0 saturated heterocycles. The molecule has 3 aromatic rings. The molecule has 0 N–H and O–H groups in total. The summed E-state index contributed by atoms with van der Waals surface area (Å²) in [6.45, 7) is 4.47. The number of Topliss-reactive ketones (excluding diaryl/α,β-unsaturated/α-hetero) is 1. The number of fused-ring (bicyclic) bond motifs is 1. The van der Waals surface area contributed by atoms with Crippen LogP contribution < -0.4 is 9.94 Å². The Labute approximate surface area is 158 Å². The maximum absolute atomic E-state index is 12.6. The van der Waals surface area contributed by atoms with Crippen molar-refractivity contribution in [2.45, 2.75) is 26.8 Å². The Morgan fingerprint density at radius 1 is 1.23 bits per heavy atom. The van der Waals surface area contributed by atoms with E-state index in [9.17, 15) is 4.79 Å². The number of nitrogens with zero attached hydrogens (tertiary/aromatic N) is 2. The van der Waals surface area contributed by atoms with Crippen molar-refractivity contribution in [3.05, 3.63) is 64.3 Å². The predicted molar refractivity (Wildman–Crippen MR) is 99.8 cm³/mol. The molecule has 2 aromatic carbocycles. The fraction of sp³-hybridized carbons (Fsp3) is 0.300. The Morgan fingerprint density at radius 3 is 2.46 bits per heavy atom. The van der Waals surface area contributed by atoms with E-state index in [1.54, 1.807) is 0 Å². The second-order valence-electron chi connectivity index (χ2n) is 6.22. The van der Waals surface area contributed by atoms with Gasteiger partial charge < -0.3 is 10.1 Å². The number of halogens is 1. The highest BCUT2D eigenvalue weighted by Gasteiger charge is 2.17. The number of ketones is 1. The molecule has 0 amide bonds. The highest BCUT2D eigenvalue weighted by molar-refractivity contribution is 6.31. The molecule has 0 aliphatic rings. The number of hydrogen-bond acceptors (Lipinski definition) is 3. The van der Waals surface area contributed by atoms with Crippen molar-refractivity contribution in [1.29, 1.82) is 0 Å². The van der Waals surface area contributed by atoms with Crippen molar-refractivity contribution in [1.82, 2.24) is 4.68 Å². The molecule has 0 unspecified atom stereocenters. The first-order valence-corrected chi connectivity index (χ1v) is 8.62. The van der Waals surface area contributed by atoms with E-state index >= 15 is 0 Å². The first-order valence-electron chi connectivity index (χ1n) is 8.24. The molecule has 0 aliphatic carbocycles. The lowest BCUT2D eigenvalue weighted by molar-refractivity contribution is -0.749. The van der Waals surface area contributed by atoms with Gasteiger partial charge in [-0.05, 0) is 48.7 Å². The number of hydrogen-bond donors (Lipinski definition) is 0. The smallest absolute Gasteiger partial charge is 0.203 e. The Kier molecular flexibility index (Phi) is 6.91. The van der Waals surface area contributed by atoms with Crippen molar-refractivity contribution in [3.8, 4) is 0 Å². The number of aryl methyl sites for hydroxylation is 3. The minimum atomic E-state index is 0.199. The fourth-order valence-electron chi connectivity index (χ4n) is 3.05. The molecule has 1 heterocycles. The highest BCUT2D eigenvalue weighted by atomic mass is 35.5. The second kappa shape index (κ2) is 8.94. The Morgan fingerprint density at radius 2 is 1.85 bits per heavy atom. The first-order chi connectivity index (χ1) is 12.4. The molecule has 3 rings (SSSR count). The summed E-state index contributed by atoms with van der Waals surface area (Å²) in [5, 5.41) is 10.2. The summed E-state index contributed by atoms with van der Waals surface area (Å²) >= 11 is 6.04. The zero-order valence-corrected chi connectivity index (χ0v) is 16.2. The van der Waals surface area contributed by atoms with Gasteiger partial charge in [-0.25, -0.2) is 0 Å². The maximum atomic E-state index is 12.6. The van der Waals surface area contributed by atoms with Crippen LogP contribution in [-0.4, -0.2) is 17.6 Å². The van der Waals surface area contributed by atoms with Crippen LogP contribution in [0, 0.1) is 13.8 Å². The molecule has 0 radical (unpaired) electrons. The van der Waals surface area contributed by atoms with Gasteiger partial charge in [0.05, 0.1) is 5.39 Å². The number of carbonyl (C=O) groups excluding carboxylic acids is 1. The lowest BCUT2D eigenvalue weighted by atomic mass is 9.98. The molecule has 1 aromatic heterocycles. The van der Waals surface area contributed by atoms with Crippen LogP contribution in [0.5, 0.6) is 0 Å². The van der Waals surface area contributed by atoms with Crippen molar-refractivity contribution in [2.24, 2.45) is 7.05 Å². The summed E-state index contributed by atoms with van der Waals surface area (Å²) < 4.78 is 3.94. The van der Waals surface area contributed by atoms with E-state index in [-0.39, 0.29) is 5.78 Å². The summed E-state index contributed by atoms with van der Waals surface area (Å²) in [6, 6.07) is 11.9. The SMILES string of the molecule is CO[O-].Cc1cccc(C)c1CC(=O)Cn1c2ccc(Cl)cc2c[n+]1C. The number of benzene rings is 2. The molecule has 0 spiro atoms. The lowest BCUT2D eigenvalue weighted by Gasteiger charge is -2.09. The van der Waals surface area contributed by atoms with Gasteiger partial charge >= 0.3 is 0 Å². The van der Waals surface area contributed by atoms with Gasteiger partial charge in [0.1, 0.15) is 12.1 Å². The van der Waals surface area contributed by atoms with Gasteiger partial charge in [0, 0.05) is 18.6 Å². The average Bonchev–Trinajstić information content (AvgIpc) is 2.86. The molecule has 0 atom stereocenters. The Bertz CT molecular complexity index is 899. The first kappa shape index (κ1) is 20.1. The van der Waals surface area contributed by atoms with Crippen molar-refractivity contribution < 1.29 is 19.6 Å². The summed E-state index contributed by atoms with van der Waals surface area (Å²) in [5.41, 5.74) is 4.50. The molecule has 0 aliphatic heterocycles. The summed E-state index contributed by atoms with van der Waals surface area (Å²) in [6.07, 6.45) is 2.46. The number of rotatable bonds is 4. The van der Waals surface area contributed by atoms with E-state index in [1.807, 2.05) is 46.9 Å². The van der Waals surface area contributed by atoms with Gasteiger partial charge in [-0.15, -0.1) is 9.36 Å². The van der Waals surface area contributed by atoms with E-state index in [4.69, 9.17) is 16.9 Å². The van der Waals surface area contributed by atoms with Crippen molar-refractivity contribution >= 4 is 28.3 Å². The molecule has 5 nitrogen and oxygen atoms in total. The second-order valence-corrected chi connectivity index (χ2v) is 6.65. The van der Waals surface area contributed by atoms with Gasteiger partial charge in [-0.1, -0.05) is 29.8 Å². The molecule has 0 saturated carbocycles. The largest absolute Gasteiger partial charge is 0.724 e. The molecule has 0 bridgehead atoms. The van der Waals surface area contributed by atoms with Gasteiger partial charge in [0.25, 0.3) is 0 Å². The van der Waals surface area contributed by atoms with Gasteiger partial charge in [-0.3, -0.25) is 4.79 Å². The minimum Gasteiger partial charge on any atom is -0.724 e. The van der Waals surface area contributed by atoms with Crippen LogP contribution in [0.25, 0.3) is 10.9 Å². The molecular weight excluding hydrogens is 352 g/mol. The maximum Gasteiger partial charge on any atom is 0.203 e. The fourth-order valence-corrected chi connectivity index (χ4v) is 3.23. The van der Waals surface area contributed by atoms with Crippen LogP contribution in [0.15, 0.2) is 42.6 Å². The number of carbonyl (C=O) groups is 1. The average molecular weight is 375 g/mol. The van der Waals surface area contributed by atoms with E-state index in [1.165, 1.54) is 11.1 Å². The normalized spacial score (nSPS) is 10.5. The topological polar surface area (TPSA) is 58.2 Å². The quantitative estimate of drug-likeness (QED) is 0.400. The van der Waals surface area contributed by atoms with E-state index < -0.39 is 0 Å². The molecule has 6 heteroatoms. The monoisotopic (exact) mass is 374 g/mol. The van der Waals surface area contributed by atoms with Gasteiger partial charge in [-0.2, -0.15) is 0 Å². The predicted octanol–water partition coefficient (Wildman–Crippen LogP) is 2.46. The Balaban J connectivity index is 0.000000758. The number of aromatic nitrogens is 2. The van der Waals surface area contributed by atoms with Crippen LogP contribution >= 0.6 is 11.6 Å². The molecular formula is C20H23ClN2O3. The third-order valence-electron chi connectivity index (χ3n) is 4.32. The standard InChI is InChI=1S/C19H20ClN2O.CH4O2/c1-13-5-4-6-14(2)18(13)10-17(23)12-22-19-8-7-16(20)9-15(19)11-21(22)3;1-3-2/h4-9,11H,10,12H2,1-3H3;2H,1H3/q+1;/p-1. The molecule has 0 fully saturated rings. The van der Waals surface area contributed by atoms with Gasteiger partial charge in [0.15, 0.2) is 12.8 Å². The Hall–Kier alpha value is -2.21. The van der Waals surface area contributed by atoms with E-state index in [2.05, 4.69) is 30.9 Å². The van der Waals surface area contributed by atoms with Crippen LogP contribution in [0.4, 0.5) is 0 Å². The minimum absolute atomic E-state index is 0.199. The van der Waals surface area contributed by atoms with Crippen LogP contribution in [0.2, 0.25) is 5.02 Å². The van der Waals surface area contributed by atoms with Crippen LogP contribution in [-0.2, 0) is 29.7 Å². The summed E-state index contributed by atoms with van der Waals surface area (Å²) in [4.78, 5) is 15.6. The van der Waals surface area contributed by atoms with Crippen LogP contribution in [0.1, 0.15) is 16.7 Å². The zero-order chi connectivity index (χ0) is 19.3. The zero-order valence-electron chi connectivity index (χ0n) is 15.5. The third-order valence-corrected chi connectivity index (χ3v) is 4.55. The summed E-state index contributed by atoms with van der Waals surface area (Å²) in [5.74, 6) is 0.199. The molecule has 138 valence electrons. The lowest BCUT2D eigenvalue weighted by Crippen LogP contribution is -2.40. The van der Waals surface area contributed by atoms with Crippen molar-refractivity contribution in [2.75, 3.05) is 7.11 Å². The van der Waals surface area contributed by atoms with E-state index in [0.717, 1.165) is 23.6 Å². The third kappa shape index (κ3) is 4.69. The highest BCUT2D eigenvalue weighted by Crippen LogP contribution is 2.19. The van der Waals surface area contributed by atoms with Crippen molar-refractivity contribution in [3.63, 3.8) is 0 Å².